The molecule has 0 saturated carbocycles. The van der Waals surface area contributed by atoms with Crippen LogP contribution in [0.25, 0.3) is 11.0 Å². The zero-order valence-electron chi connectivity index (χ0n) is 17.0. The Balaban J connectivity index is 1.50. The monoisotopic (exact) mass is 412 g/mol. The molecule has 2 atom stereocenters. The zero-order chi connectivity index (χ0) is 20.2. The number of aryl methyl sites for hydroxylation is 1. The van der Waals surface area contributed by atoms with Crippen LogP contribution in [0.15, 0.2) is 42.9 Å². The first-order chi connectivity index (χ1) is 14.2. The van der Waals surface area contributed by atoms with Crippen molar-refractivity contribution in [2.24, 2.45) is 5.92 Å². The molecule has 0 amide bonds. The minimum absolute atomic E-state index is 0.249. The van der Waals surface area contributed by atoms with E-state index in [1.54, 1.807) is 18.1 Å². The highest BCUT2D eigenvalue weighted by Crippen LogP contribution is 2.26. The summed E-state index contributed by atoms with van der Waals surface area (Å²) in [5, 5.41) is 10.3. The summed E-state index contributed by atoms with van der Waals surface area (Å²) in [6, 6.07) is 10.2. The fourth-order valence-corrected chi connectivity index (χ4v) is 4.86. The summed E-state index contributed by atoms with van der Waals surface area (Å²) in [5.74, 6) is 1.33. The SMILES string of the molecule is CSC[C@H]1CN(Cc2cn(COCc3ccccc3)c3c(C)ncnc23)CC1O. The van der Waals surface area contributed by atoms with Gasteiger partial charge in [0.1, 0.15) is 13.1 Å². The van der Waals surface area contributed by atoms with Gasteiger partial charge in [0.25, 0.3) is 0 Å². The Hall–Kier alpha value is -1.93. The molecular weight excluding hydrogens is 384 g/mol. The van der Waals surface area contributed by atoms with Crippen molar-refractivity contribution in [2.75, 3.05) is 25.1 Å². The second kappa shape index (κ2) is 9.26. The average molecular weight is 413 g/mol. The molecule has 0 spiro atoms. The van der Waals surface area contributed by atoms with E-state index in [2.05, 4.69) is 44.0 Å². The van der Waals surface area contributed by atoms with Crippen molar-refractivity contribution in [2.45, 2.75) is 32.9 Å². The van der Waals surface area contributed by atoms with Gasteiger partial charge in [-0.05, 0) is 24.5 Å². The maximum absolute atomic E-state index is 10.3. The molecule has 3 heterocycles. The normalized spacial score (nSPS) is 20.0. The average Bonchev–Trinajstić information content (AvgIpc) is 3.24. The predicted molar refractivity (Wildman–Crippen MR) is 117 cm³/mol. The summed E-state index contributed by atoms with van der Waals surface area (Å²) in [7, 11) is 0. The standard InChI is InChI=1S/C22H28N4O2S/c1-16-22-21(24-14-23-16)18(8-25-9-19(13-29-2)20(27)11-25)10-26(22)15-28-12-17-6-4-3-5-7-17/h3-7,10,14,19-20,27H,8-9,11-13,15H2,1-2H3/t19-,20?/m1/s1. The summed E-state index contributed by atoms with van der Waals surface area (Å²) in [5.41, 5.74) is 5.26. The van der Waals surface area contributed by atoms with Crippen LogP contribution in [0.4, 0.5) is 0 Å². The van der Waals surface area contributed by atoms with Crippen LogP contribution in [0.5, 0.6) is 0 Å². The van der Waals surface area contributed by atoms with Gasteiger partial charge < -0.3 is 14.4 Å². The Bertz CT molecular complexity index is 947. The molecule has 4 rings (SSSR count). The van der Waals surface area contributed by atoms with Crippen molar-refractivity contribution in [3.05, 3.63) is 59.7 Å². The molecule has 1 N–H and O–H groups in total. The van der Waals surface area contributed by atoms with Gasteiger partial charge in [0, 0.05) is 37.3 Å². The van der Waals surface area contributed by atoms with Crippen molar-refractivity contribution in [1.82, 2.24) is 19.4 Å². The largest absolute Gasteiger partial charge is 0.391 e. The lowest BCUT2D eigenvalue weighted by Crippen LogP contribution is -2.21. The quantitative estimate of drug-likeness (QED) is 0.614. The molecule has 0 radical (unpaired) electrons. The van der Waals surface area contributed by atoms with Crippen molar-refractivity contribution >= 4 is 22.8 Å². The minimum Gasteiger partial charge on any atom is -0.391 e. The molecule has 1 fully saturated rings. The van der Waals surface area contributed by atoms with Crippen LogP contribution in [0, 0.1) is 12.8 Å². The third-order valence-corrected chi connectivity index (χ3v) is 6.27. The molecule has 154 valence electrons. The van der Waals surface area contributed by atoms with Crippen LogP contribution in [-0.2, 0) is 24.6 Å². The molecule has 1 unspecified atom stereocenters. The van der Waals surface area contributed by atoms with Crippen LogP contribution < -0.4 is 0 Å². The Labute approximate surface area is 175 Å². The van der Waals surface area contributed by atoms with Crippen molar-refractivity contribution in [1.29, 1.82) is 0 Å². The molecule has 1 aliphatic rings. The van der Waals surface area contributed by atoms with Gasteiger partial charge in [-0.1, -0.05) is 30.3 Å². The van der Waals surface area contributed by atoms with Crippen molar-refractivity contribution in [3.8, 4) is 0 Å². The van der Waals surface area contributed by atoms with Gasteiger partial charge in [0.15, 0.2) is 0 Å². The number of aliphatic hydroxyl groups excluding tert-OH is 1. The number of aromatic nitrogens is 3. The van der Waals surface area contributed by atoms with Gasteiger partial charge in [0.2, 0.25) is 0 Å². The van der Waals surface area contributed by atoms with Crippen LogP contribution in [0.1, 0.15) is 16.8 Å². The number of hydrogen-bond acceptors (Lipinski definition) is 6. The number of β-amino-alcohol motifs (C(OH)–C–C–N with tert-alkyl or cyclic N) is 1. The highest BCUT2D eigenvalue weighted by molar-refractivity contribution is 7.98. The number of aliphatic hydroxyl groups is 1. The van der Waals surface area contributed by atoms with Gasteiger partial charge in [-0.2, -0.15) is 11.8 Å². The van der Waals surface area contributed by atoms with Gasteiger partial charge >= 0.3 is 0 Å². The number of likely N-dealkylation sites (tertiary alicyclic amines) is 1. The van der Waals surface area contributed by atoms with E-state index >= 15 is 0 Å². The van der Waals surface area contributed by atoms with E-state index in [0.29, 0.717) is 25.8 Å². The van der Waals surface area contributed by atoms with Crippen LogP contribution in [0.3, 0.4) is 0 Å². The molecule has 1 saturated heterocycles. The number of rotatable bonds is 8. The van der Waals surface area contributed by atoms with Crippen molar-refractivity contribution in [3.63, 3.8) is 0 Å². The first kappa shape index (κ1) is 20.3. The summed E-state index contributed by atoms with van der Waals surface area (Å²) < 4.78 is 8.08. The maximum atomic E-state index is 10.3. The van der Waals surface area contributed by atoms with Crippen molar-refractivity contribution < 1.29 is 9.84 Å². The lowest BCUT2D eigenvalue weighted by atomic mass is 10.1. The summed E-state index contributed by atoms with van der Waals surface area (Å²) in [6.07, 6.45) is 5.61. The molecule has 29 heavy (non-hydrogen) atoms. The van der Waals surface area contributed by atoms with Crippen LogP contribution in [-0.4, -0.2) is 55.7 Å². The fourth-order valence-electron chi connectivity index (χ4n) is 4.10. The first-order valence-corrected chi connectivity index (χ1v) is 11.4. The predicted octanol–water partition coefficient (Wildman–Crippen LogP) is 3.07. The van der Waals surface area contributed by atoms with Gasteiger partial charge in [-0.3, -0.25) is 4.90 Å². The smallest absolute Gasteiger partial charge is 0.123 e. The lowest BCUT2D eigenvalue weighted by Gasteiger charge is -2.14. The highest BCUT2D eigenvalue weighted by Gasteiger charge is 2.31. The number of hydrogen-bond donors (Lipinski definition) is 1. The van der Waals surface area contributed by atoms with E-state index in [4.69, 9.17) is 4.74 Å². The van der Waals surface area contributed by atoms with Crippen LogP contribution >= 0.6 is 11.8 Å². The topological polar surface area (TPSA) is 63.4 Å². The number of thioether (sulfide) groups is 1. The van der Waals surface area contributed by atoms with E-state index in [0.717, 1.165) is 46.7 Å². The summed E-state index contributed by atoms with van der Waals surface area (Å²) in [6.45, 7) is 5.44. The fraction of sp³-hybridized carbons (Fsp3) is 0.455. The minimum atomic E-state index is -0.249. The number of nitrogens with zero attached hydrogens (tertiary/aromatic N) is 4. The lowest BCUT2D eigenvalue weighted by molar-refractivity contribution is 0.0665. The Morgan fingerprint density at radius 3 is 2.83 bits per heavy atom. The van der Waals surface area contributed by atoms with Gasteiger partial charge in [0.05, 0.1) is 29.4 Å². The second-order valence-corrected chi connectivity index (χ2v) is 8.63. The summed E-state index contributed by atoms with van der Waals surface area (Å²) >= 11 is 1.80. The number of fused-ring (bicyclic) bond motifs is 1. The van der Waals surface area contributed by atoms with Gasteiger partial charge in [-0.15, -0.1) is 0 Å². The first-order valence-electron chi connectivity index (χ1n) is 9.96. The third kappa shape index (κ3) is 4.64. The number of ether oxygens (including phenoxy) is 1. The molecule has 7 heteroatoms. The Morgan fingerprint density at radius 1 is 1.21 bits per heavy atom. The third-order valence-electron chi connectivity index (χ3n) is 5.51. The highest BCUT2D eigenvalue weighted by atomic mass is 32.2. The maximum Gasteiger partial charge on any atom is 0.123 e. The molecule has 3 aromatic rings. The molecule has 2 aromatic heterocycles. The van der Waals surface area contributed by atoms with E-state index < -0.39 is 0 Å². The Kier molecular flexibility index (Phi) is 6.50. The zero-order valence-corrected chi connectivity index (χ0v) is 17.8. The second-order valence-electron chi connectivity index (χ2n) is 7.72. The molecule has 6 nitrogen and oxygen atoms in total. The Morgan fingerprint density at radius 2 is 2.03 bits per heavy atom. The van der Waals surface area contributed by atoms with E-state index in [9.17, 15) is 5.11 Å². The van der Waals surface area contributed by atoms with E-state index in [1.165, 1.54) is 0 Å². The van der Waals surface area contributed by atoms with E-state index in [-0.39, 0.29) is 6.10 Å². The molecular formula is C22H28N4O2S. The molecule has 1 aliphatic heterocycles. The number of benzene rings is 1. The molecule has 1 aromatic carbocycles. The summed E-state index contributed by atoms with van der Waals surface area (Å²) in [4.78, 5) is 11.3. The van der Waals surface area contributed by atoms with E-state index in [1.807, 2.05) is 25.1 Å². The van der Waals surface area contributed by atoms with Crippen LogP contribution in [0.2, 0.25) is 0 Å². The van der Waals surface area contributed by atoms with Gasteiger partial charge in [-0.25, -0.2) is 9.97 Å². The molecule has 0 aliphatic carbocycles. The molecule has 0 bridgehead atoms.